The zero-order chi connectivity index (χ0) is 15.1. The van der Waals surface area contributed by atoms with Crippen LogP contribution >= 0.6 is 11.8 Å². The van der Waals surface area contributed by atoms with Crippen LogP contribution in [0.1, 0.15) is 16.8 Å². The Hall–Kier alpha value is -2.03. The zero-order valence-electron chi connectivity index (χ0n) is 12.1. The number of hydrogen-bond donors (Lipinski definition) is 1. The number of methoxy groups -OCH3 is 1. The van der Waals surface area contributed by atoms with Crippen molar-refractivity contribution in [3.63, 3.8) is 0 Å². The van der Waals surface area contributed by atoms with E-state index in [1.165, 1.54) is 0 Å². The second-order valence-electron chi connectivity index (χ2n) is 4.30. The van der Waals surface area contributed by atoms with Crippen LogP contribution in [0.3, 0.4) is 0 Å². The van der Waals surface area contributed by atoms with Gasteiger partial charge < -0.3 is 10.5 Å². The minimum atomic E-state index is 0.354. The van der Waals surface area contributed by atoms with E-state index in [1.807, 2.05) is 31.2 Å². The molecule has 0 fully saturated rings. The van der Waals surface area contributed by atoms with Gasteiger partial charge in [0.25, 0.3) is 0 Å². The summed E-state index contributed by atoms with van der Waals surface area (Å²) < 4.78 is 5.39. The maximum absolute atomic E-state index is 5.40. The van der Waals surface area contributed by atoms with Crippen LogP contribution < -0.4 is 10.5 Å². The molecule has 0 unspecified atom stereocenters. The Bertz CT molecular complexity index is 677. The first-order chi connectivity index (χ1) is 10.2. The lowest BCUT2D eigenvalue weighted by Crippen LogP contribution is -1.95. The van der Waals surface area contributed by atoms with Gasteiger partial charge in [0.2, 0.25) is 0 Å². The van der Waals surface area contributed by atoms with E-state index >= 15 is 0 Å². The van der Waals surface area contributed by atoms with E-state index < -0.39 is 0 Å². The third kappa shape index (κ3) is 4.48. The number of aryl methyl sites for hydroxylation is 1. The predicted molar refractivity (Wildman–Crippen MR) is 85.3 cm³/mol. The van der Waals surface area contributed by atoms with E-state index in [0.29, 0.717) is 6.54 Å². The number of rotatable bonds is 4. The number of thioether (sulfide) groups is 1. The average molecular weight is 299 g/mol. The van der Waals surface area contributed by atoms with Gasteiger partial charge in [-0.1, -0.05) is 23.6 Å². The first-order valence-electron chi connectivity index (χ1n) is 6.51. The van der Waals surface area contributed by atoms with E-state index in [4.69, 9.17) is 10.5 Å². The van der Waals surface area contributed by atoms with Gasteiger partial charge in [-0.2, -0.15) is 0 Å². The van der Waals surface area contributed by atoms with Crippen molar-refractivity contribution in [2.24, 2.45) is 5.73 Å². The second-order valence-corrected chi connectivity index (χ2v) is 5.24. The van der Waals surface area contributed by atoms with Crippen LogP contribution in [-0.2, 0) is 5.75 Å². The molecule has 0 atom stereocenters. The fourth-order valence-corrected chi connectivity index (χ4v) is 2.61. The molecule has 0 aliphatic heterocycles. The highest BCUT2D eigenvalue weighted by molar-refractivity contribution is 7.98. The molecule has 0 bridgehead atoms. The van der Waals surface area contributed by atoms with Crippen LogP contribution in [-0.4, -0.2) is 23.6 Å². The quantitative estimate of drug-likeness (QED) is 0.533. The van der Waals surface area contributed by atoms with E-state index in [2.05, 4.69) is 21.8 Å². The molecule has 2 rings (SSSR count). The Morgan fingerprint density at radius 2 is 2.19 bits per heavy atom. The Morgan fingerprint density at radius 1 is 1.33 bits per heavy atom. The van der Waals surface area contributed by atoms with Gasteiger partial charge in [0.15, 0.2) is 5.16 Å². The lowest BCUT2D eigenvalue weighted by atomic mass is 10.1. The van der Waals surface area contributed by atoms with Crippen molar-refractivity contribution in [3.05, 3.63) is 47.3 Å². The third-order valence-electron chi connectivity index (χ3n) is 2.74. The molecule has 5 heteroatoms. The van der Waals surface area contributed by atoms with Crippen LogP contribution in [0.15, 0.2) is 35.6 Å². The second kappa shape index (κ2) is 7.67. The van der Waals surface area contributed by atoms with E-state index in [1.54, 1.807) is 25.1 Å². The van der Waals surface area contributed by atoms with Gasteiger partial charge in [-0.3, -0.25) is 0 Å². The molecule has 0 amide bonds. The minimum absolute atomic E-state index is 0.354. The lowest BCUT2D eigenvalue weighted by Gasteiger charge is -2.08. The van der Waals surface area contributed by atoms with Gasteiger partial charge >= 0.3 is 0 Å². The van der Waals surface area contributed by atoms with Gasteiger partial charge in [-0.15, -0.1) is 0 Å². The molecule has 0 radical (unpaired) electrons. The highest BCUT2D eigenvalue weighted by Crippen LogP contribution is 2.27. The van der Waals surface area contributed by atoms with Gasteiger partial charge in [0.1, 0.15) is 5.75 Å². The summed E-state index contributed by atoms with van der Waals surface area (Å²) in [7, 11) is 1.66. The predicted octanol–water partition coefficient (Wildman–Crippen LogP) is 2.40. The molecule has 0 spiro atoms. The molecule has 4 nitrogen and oxygen atoms in total. The fourth-order valence-electron chi connectivity index (χ4n) is 1.76. The van der Waals surface area contributed by atoms with E-state index in [0.717, 1.165) is 33.5 Å². The lowest BCUT2D eigenvalue weighted by molar-refractivity contribution is 0.411. The van der Waals surface area contributed by atoms with E-state index in [9.17, 15) is 0 Å². The van der Waals surface area contributed by atoms with Crippen LogP contribution in [0, 0.1) is 18.8 Å². The molecule has 1 aromatic carbocycles. The fraction of sp³-hybridized carbons (Fsp3) is 0.250. The van der Waals surface area contributed by atoms with Crippen molar-refractivity contribution in [3.8, 4) is 17.6 Å². The molecule has 1 heterocycles. The maximum atomic E-state index is 5.40. The Kier molecular flexibility index (Phi) is 5.61. The Labute approximate surface area is 129 Å². The van der Waals surface area contributed by atoms with E-state index in [-0.39, 0.29) is 0 Å². The molecular formula is C16H17N3OS. The monoisotopic (exact) mass is 299 g/mol. The zero-order valence-corrected chi connectivity index (χ0v) is 12.9. The SMILES string of the molecule is COc1ccc(C#CCN)cc1CSc1nccc(C)n1. The molecule has 21 heavy (non-hydrogen) atoms. The number of hydrogen-bond acceptors (Lipinski definition) is 5. The Balaban J connectivity index is 2.17. The minimum Gasteiger partial charge on any atom is -0.496 e. The number of ether oxygens (including phenoxy) is 1. The molecular weight excluding hydrogens is 282 g/mol. The van der Waals surface area contributed by atoms with Crippen molar-refractivity contribution in [1.82, 2.24) is 9.97 Å². The maximum Gasteiger partial charge on any atom is 0.188 e. The van der Waals surface area contributed by atoms with Crippen LogP contribution in [0.5, 0.6) is 5.75 Å². The van der Waals surface area contributed by atoms with Gasteiger partial charge in [-0.25, -0.2) is 9.97 Å². The first kappa shape index (κ1) is 15.4. The summed E-state index contributed by atoms with van der Waals surface area (Å²) in [6.45, 7) is 2.31. The third-order valence-corrected chi connectivity index (χ3v) is 3.65. The van der Waals surface area contributed by atoms with Crippen LogP contribution in [0.4, 0.5) is 0 Å². The van der Waals surface area contributed by atoms with Crippen molar-refractivity contribution >= 4 is 11.8 Å². The van der Waals surface area contributed by atoms with Crippen molar-refractivity contribution in [2.45, 2.75) is 17.8 Å². The summed E-state index contributed by atoms with van der Waals surface area (Å²) in [4.78, 5) is 8.63. The molecule has 0 saturated heterocycles. The number of aromatic nitrogens is 2. The standard InChI is InChI=1S/C16H17N3OS/c1-12-7-9-18-16(19-12)21-11-14-10-13(4-3-8-17)5-6-15(14)20-2/h5-7,9-10H,8,11,17H2,1-2H3. The number of nitrogens with zero attached hydrogens (tertiary/aromatic N) is 2. The molecule has 2 N–H and O–H groups in total. The summed E-state index contributed by atoms with van der Waals surface area (Å²) in [6, 6.07) is 7.75. The first-order valence-corrected chi connectivity index (χ1v) is 7.50. The highest BCUT2D eigenvalue weighted by atomic mass is 32.2. The molecule has 108 valence electrons. The average Bonchev–Trinajstić information content (AvgIpc) is 2.51. The number of nitrogens with two attached hydrogens (primary N) is 1. The topological polar surface area (TPSA) is 61.0 Å². The summed E-state index contributed by atoms with van der Waals surface area (Å²) in [5, 5.41) is 0.760. The van der Waals surface area contributed by atoms with Crippen molar-refractivity contribution < 1.29 is 4.74 Å². The largest absolute Gasteiger partial charge is 0.496 e. The summed E-state index contributed by atoms with van der Waals surface area (Å²) >= 11 is 1.57. The summed E-state index contributed by atoms with van der Waals surface area (Å²) in [5.41, 5.74) is 8.36. The van der Waals surface area contributed by atoms with Gasteiger partial charge in [-0.05, 0) is 31.2 Å². The van der Waals surface area contributed by atoms with Crippen molar-refractivity contribution in [1.29, 1.82) is 0 Å². The number of benzene rings is 1. The molecule has 2 aromatic rings. The molecule has 0 saturated carbocycles. The Morgan fingerprint density at radius 3 is 2.90 bits per heavy atom. The normalized spacial score (nSPS) is 9.86. The highest BCUT2D eigenvalue weighted by Gasteiger charge is 2.06. The smallest absolute Gasteiger partial charge is 0.188 e. The molecule has 0 aliphatic carbocycles. The van der Waals surface area contributed by atoms with Crippen LogP contribution in [0.25, 0.3) is 0 Å². The van der Waals surface area contributed by atoms with Crippen LogP contribution in [0.2, 0.25) is 0 Å². The summed E-state index contributed by atoms with van der Waals surface area (Å²) in [6.07, 6.45) is 1.77. The summed E-state index contributed by atoms with van der Waals surface area (Å²) in [5.74, 6) is 7.46. The molecule has 1 aromatic heterocycles. The van der Waals surface area contributed by atoms with Gasteiger partial charge in [0, 0.05) is 28.8 Å². The van der Waals surface area contributed by atoms with Gasteiger partial charge in [0.05, 0.1) is 13.7 Å². The molecule has 0 aliphatic rings. The van der Waals surface area contributed by atoms with Crippen molar-refractivity contribution in [2.75, 3.05) is 13.7 Å².